The standard InChI is InChI=1S/C20H22FNO5/c1-26-16-9-7-13(18(12-16)27-2)4-3-5-19(23)22-15-8-6-14(10-20(24)25)17(21)11-15/h6-9,11-12H,3-5,10H2,1-2H3,(H,22,23)(H,24,25). The van der Waals surface area contributed by atoms with Crippen LogP contribution in [0.2, 0.25) is 0 Å². The average molecular weight is 375 g/mol. The van der Waals surface area contributed by atoms with Crippen LogP contribution >= 0.6 is 0 Å². The van der Waals surface area contributed by atoms with Crippen molar-refractivity contribution in [1.29, 1.82) is 0 Å². The zero-order valence-electron chi connectivity index (χ0n) is 15.3. The number of carboxylic acid groups (broad SMARTS) is 1. The monoisotopic (exact) mass is 375 g/mol. The summed E-state index contributed by atoms with van der Waals surface area (Å²) in [6.07, 6.45) is 1.10. The van der Waals surface area contributed by atoms with Gasteiger partial charge >= 0.3 is 5.97 Å². The van der Waals surface area contributed by atoms with E-state index in [9.17, 15) is 14.0 Å². The normalized spacial score (nSPS) is 10.3. The number of ether oxygens (including phenoxy) is 2. The molecular weight excluding hydrogens is 353 g/mol. The molecule has 0 aliphatic rings. The summed E-state index contributed by atoms with van der Waals surface area (Å²) in [6, 6.07) is 9.50. The number of benzene rings is 2. The highest BCUT2D eigenvalue weighted by Gasteiger charge is 2.10. The Labute approximate surface area is 156 Å². The Morgan fingerprint density at radius 2 is 1.81 bits per heavy atom. The minimum atomic E-state index is -1.11. The van der Waals surface area contributed by atoms with E-state index in [1.165, 1.54) is 12.1 Å². The lowest BCUT2D eigenvalue weighted by atomic mass is 10.1. The van der Waals surface area contributed by atoms with Crippen molar-refractivity contribution in [2.24, 2.45) is 0 Å². The van der Waals surface area contributed by atoms with Gasteiger partial charge in [0.25, 0.3) is 0 Å². The van der Waals surface area contributed by atoms with E-state index in [0.29, 0.717) is 30.0 Å². The summed E-state index contributed by atoms with van der Waals surface area (Å²) >= 11 is 0. The quantitative estimate of drug-likeness (QED) is 0.701. The van der Waals surface area contributed by atoms with Crippen LogP contribution in [0.5, 0.6) is 11.5 Å². The second kappa shape index (κ2) is 9.56. The Hall–Kier alpha value is -3.09. The van der Waals surface area contributed by atoms with Crippen LogP contribution in [0.4, 0.5) is 10.1 Å². The lowest BCUT2D eigenvalue weighted by Crippen LogP contribution is -2.12. The van der Waals surface area contributed by atoms with E-state index in [1.54, 1.807) is 20.3 Å². The van der Waals surface area contributed by atoms with Crippen LogP contribution in [0.15, 0.2) is 36.4 Å². The minimum absolute atomic E-state index is 0.0760. The molecule has 2 N–H and O–H groups in total. The molecule has 0 fully saturated rings. The van der Waals surface area contributed by atoms with E-state index in [-0.39, 0.29) is 17.9 Å². The van der Waals surface area contributed by atoms with Crippen molar-refractivity contribution in [2.45, 2.75) is 25.7 Å². The third kappa shape index (κ3) is 5.99. The maximum atomic E-state index is 13.8. The third-order valence-corrected chi connectivity index (χ3v) is 4.02. The van der Waals surface area contributed by atoms with Gasteiger partial charge in [-0.1, -0.05) is 12.1 Å². The van der Waals surface area contributed by atoms with Crippen molar-refractivity contribution < 1.29 is 28.6 Å². The summed E-state index contributed by atoms with van der Waals surface area (Å²) in [5.74, 6) is -0.613. The number of carbonyl (C=O) groups excluding carboxylic acids is 1. The highest BCUT2D eigenvalue weighted by molar-refractivity contribution is 5.90. The van der Waals surface area contributed by atoms with Gasteiger partial charge in [-0.2, -0.15) is 0 Å². The van der Waals surface area contributed by atoms with Crippen molar-refractivity contribution in [3.8, 4) is 11.5 Å². The molecule has 0 unspecified atom stereocenters. The number of aryl methyl sites for hydroxylation is 1. The van der Waals surface area contributed by atoms with Gasteiger partial charge in [0, 0.05) is 18.2 Å². The van der Waals surface area contributed by atoms with Crippen molar-refractivity contribution in [1.82, 2.24) is 0 Å². The summed E-state index contributed by atoms with van der Waals surface area (Å²) in [6.45, 7) is 0. The molecule has 0 heterocycles. The van der Waals surface area contributed by atoms with Crippen LogP contribution in [0, 0.1) is 5.82 Å². The number of aliphatic carboxylic acids is 1. The number of rotatable bonds is 9. The molecule has 0 saturated carbocycles. The van der Waals surface area contributed by atoms with Gasteiger partial charge in [-0.15, -0.1) is 0 Å². The van der Waals surface area contributed by atoms with Crippen LogP contribution in [-0.2, 0) is 22.4 Å². The molecule has 0 atom stereocenters. The molecule has 0 radical (unpaired) electrons. The van der Waals surface area contributed by atoms with Gasteiger partial charge in [-0.05, 0) is 42.2 Å². The molecule has 0 aliphatic heterocycles. The number of amides is 1. The van der Waals surface area contributed by atoms with E-state index in [0.717, 1.165) is 11.6 Å². The summed E-state index contributed by atoms with van der Waals surface area (Å²) in [5, 5.41) is 11.3. The van der Waals surface area contributed by atoms with Crippen molar-refractivity contribution in [3.05, 3.63) is 53.3 Å². The second-order valence-electron chi connectivity index (χ2n) is 5.96. The van der Waals surface area contributed by atoms with Crippen LogP contribution < -0.4 is 14.8 Å². The fourth-order valence-electron chi connectivity index (χ4n) is 2.65. The van der Waals surface area contributed by atoms with E-state index in [2.05, 4.69) is 5.32 Å². The van der Waals surface area contributed by atoms with Crippen LogP contribution in [-0.4, -0.2) is 31.2 Å². The number of hydrogen-bond donors (Lipinski definition) is 2. The molecule has 0 bridgehead atoms. The topological polar surface area (TPSA) is 84.9 Å². The number of carbonyl (C=O) groups is 2. The Morgan fingerprint density at radius 1 is 1.07 bits per heavy atom. The molecule has 2 rings (SSSR count). The van der Waals surface area contributed by atoms with Gasteiger partial charge in [-0.25, -0.2) is 4.39 Å². The predicted molar refractivity (Wildman–Crippen MR) is 98.9 cm³/mol. The van der Waals surface area contributed by atoms with Crippen molar-refractivity contribution >= 4 is 17.6 Å². The lowest BCUT2D eigenvalue weighted by molar-refractivity contribution is -0.136. The Kier molecular flexibility index (Phi) is 7.16. The third-order valence-electron chi connectivity index (χ3n) is 4.02. The fourth-order valence-corrected chi connectivity index (χ4v) is 2.65. The predicted octanol–water partition coefficient (Wildman–Crippen LogP) is 3.43. The van der Waals surface area contributed by atoms with E-state index >= 15 is 0 Å². The number of anilines is 1. The first-order valence-electron chi connectivity index (χ1n) is 8.44. The van der Waals surface area contributed by atoms with E-state index < -0.39 is 18.2 Å². The first-order chi connectivity index (χ1) is 12.9. The molecule has 27 heavy (non-hydrogen) atoms. The number of hydrogen-bond acceptors (Lipinski definition) is 4. The molecule has 0 saturated heterocycles. The Balaban J connectivity index is 1.88. The molecule has 1 amide bonds. The van der Waals surface area contributed by atoms with Gasteiger partial charge in [0.05, 0.1) is 20.6 Å². The first kappa shape index (κ1) is 20.2. The van der Waals surface area contributed by atoms with Crippen LogP contribution in [0.1, 0.15) is 24.0 Å². The number of halogens is 1. The van der Waals surface area contributed by atoms with Gasteiger partial charge in [0.2, 0.25) is 5.91 Å². The molecule has 7 heteroatoms. The number of methoxy groups -OCH3 is 2. The zero-order valence-corrected chi connectivity index (χ0v) is 15.3. The largest absolute Gasteiger partial charge is 0.497 e. The maximum Gasteiger partial charge on any atom is 0.307 e. The van der Waals surface area contributed by atoms with Gasteiger partial charge < -0.3 is 19.9 Å². The van der Waals surface area contributed by atoms with E-state index in [4.69, 9.17) is 14.6 Å². The Morgan fingerprint density at radius 3 is 2.44 bits per heavy atom. The second-order valence-corrected chi connectivity index (χ2v) is 5.96. The summed E-state index contributed by atoms with van der Waals surface area (Å²) < 4.78 is 24.3. The zero-order chi connectivity index (χ0) is 19.8. The van der Waals surface area contributed by atoms with Crippen LogP contribution in [0.25, 0.3) is 0 Å². The molecule has 0 aliphatic carbocycles. The summed E-state index contributed by atoms with van der Waals surface area (Å²) in [7, 11) is 3.16. The number of nitrogens with one attached hydrogen (secondary N) is 1. The van der Waals surface area contributed by atoms with Gasteiger partial charge in [-0.3, -0.25) is 9.59 Å². The average Bonchev–Trinajstić information content (AvgIpc) is 2.63. The molecule has 0 spiro atoms. The summed E-state index contributed by atoms with van der Waals surface area (Å²) in [4.78, 5) is 22.7. The first-order valence-corrected chi connectivity index (χ1v) is 8.44. The molecule has 144 valence electrons. The smallest absolute Gasteiger partial charge is 0.307 e. The molecule has 0 aromatic heterocycles. The van der Waals surface area contributed by atoms with Crippen molar-refractivity contribution in [2.75, 3.05) is 19.5 Å². The fraction of sp³-hybridized carbons (Fsp3) is 0.300. The van der Waals surface area contributed by atoms with Gasteiger partial charge in [0.1, 0.15) is 17.3 Å². The highest BCUT2D eigenvalue weighted by atomic mass is 19.1. The summed E-state index contributed by atoms with van der Waals surface area (Å²) in [5.41, 5.74) is 1.34. The van der Waals surface area contributed by atoms with E-state index in [1.807, 2.05) is 12.1 Å². The molecular formula is C20H22FNO5. The number of carboxylic acids is 1. The highest BCUT2D eigenvalue weighted by Crippen LogP contribution is 2.26. The molecule has 2 aromatic carbocycles. The maximum absolute atomic E-state index is 13.8. The van der Waals surface area contributed by atoms with Gasteiger partial charge in [0.15, 0.2) is 0 Å². The minimum Gasteiger partial charge on any atom is -0.497 e. The van der Waals surface area contributed by atoms with Crippen molar-refractivity contribution in [3.63, 3.8) is 0 Å². The molecule has 6 nitrogen and oxygen atoms in total. The molecule has 2 aromatic rings. The van der Waals surface area contributed by atoms with Crippen LogP contribution in [0.3, 0.4) is 0 Å². The SMILES string of the molecule is COc1ccc(CCCC(=O)Nc2ccc(CC(=O)O)c(F)c2)c(OC)c1. The lowest BCUT2D eigenvalue weighted by Gasteiger charge is -2.11. The Bertz CT molecular complexity index is 822.